The summed E-state index contributed by atoms with van der Waals surface area (Å²) in [6, 6.07) is 11.0. The van der Waals surface area contributed by atoms with Crippen molar-refractivity contribution >= 4 is 52.5 Å². The molecule has 0 N–H and O–H groups in total. The molecule has 0 spiro atoms. The van der Waals surface area contributed by atoms with Crippen molar-refractivity contribution in [3.63, 3.8) is 0 Å². The van der Waals surface area contributed by atoms with E-state index in [4.69, 9.17) is 25.8 Å². The van der Waals surface area contributed by atoms with Gasteiger partial charge in [0.05, 0.1) is 29.2 Å². The van der Waals surface area contributed by atoms with Gasteiger partial charge in [-0.15, -0.1) is 0 Å². The minimum absolute atomic E-state index is 0.137. The summed E-state index contributed by atoms with van der Waals surface area (Å²) in [5, 5.41) is -0.420. The molecule has 0 aliphatic carbocycles. The Morgan fingerprint density at radius 1 is 1.12 bits per heavy atom. The first-order valence-corrected chi connectivity index (χ1v) is 10.6. The van der Waals surface area contributed by atoms with Gasteiger partial charge in [-0.2, -0.15) is 0 Å². The summed E-state index contributed by atoms with van der Waals surface area (Å²) in [6.07, 6.45) is 1.47. The number of halogens is 1. The first kappa shape index (κ1) is 23.4. The van der Waals surface area contributed by atoms with E-state index in [0.717, 1.165) is 4.90 Å². The molecule has 3 rings (SSSR count). The lowest BCUT2D eigenvalue weighted by Crippen LogP contribution is -2.34. The van der Waals surface area contributed by atoms with Crippen LogP contribution in [0.1, 0.15) is 22.8 Å². The van der Waals surface area contributed by atoms with E-state index >= 15 is 0 Å². The Morgan fingerprint density at radius 3 is 2.47 bits per heavy atom. The first-order valence-electron chi connectivity index (χ1n) is 9.39. The molecule has 32 heavy (non-hydrogen) atoms. The summed E-state index contributed by atoms with van der Waals surface area (Å²) in [4.78, 5) is 49.4. The van der Waals surface area contributed by atoms with Crippen molar-refractivity contribution in [1.82, 2.24) is 4.90 Å². The smallest absolute Gasteiger partial charge is 0.343 e. The number of esters is 2. The minimum Gasteiger partial charge on any atom is -0.497 e. The van der Waals surface area contributed by atoms with Crippen LogP contribution in [0.4, 0.5) is 4.79 Å². The Labute approximate surface area is 193 Å². The number of hydrogen-bond acceptors (Lipinski definition) is 8. The van der Waals surface area contributed by atoms with Crippen LogP contribution in [0.2, 0.25) is 5.02 Å². The maximum atomic E-state index is 12.5. The highest BCUT2D eigenvalue weighted by atomic mass is 35.5. The number of nitrogens with zero attached hydrogens (tertiary/aromatic N) is 1. The minimum atomic E-state index is -0.665. The van der Waals surface area contributed by atoms with E-state index < -0.39 is 29.6 Å². The molecule has 1 heterocycles. The SMILES string of the molecule is CCOC(=O)CN1C(=O)S/C(=C\c2ccc(OC(=O)c3ccc(OC)cc3)c(Cl)c2)C1=O. The maximum Gasteiger partial charge on any atom is 0.343 e. The lowest BCUT2D eigenvalue weighted by Gasteiger charge is -2.10. The molecule has 0 radical (unpaired) electrons. The summed E-state index contributed by atoms with van der Waals surface area (Å²) in [7, 11) is 1.52. The van der Waals surface area contributed by atoms with Gasteiger partial charge in [0.2, 0.25) is 0 Å². The number of rotatable bonds is 7. The number of methoxy groups -OCH3 is 1. The third kappa shape index (κ3) is 5.49. The average Bonchev–Trinajstić information content (AvgIpc) is 3.03. The molecule has 1 saturated heterocycles. The summed E-state index contributed by atoms with van der Waals surface area (Å²) >= 11 is 6.94. The lowest BCUT2D eigenvalue weighted by molar-refractivity contribution is -0.145. The molecular formula is C22H18ClNO7S. The maximum absolute atomic E-state index is 12.5. The number of carbonyl (C=O) groups excluding carboxylic acids is 4. The predicted octanol–water partition coefficient (Wildman–Crippen LogP) is 4.17. The van der Waals surface area contributed by atoms with E-state index in [0.29, 0.717) is 28.6 Å². The molecular weight excluding hydrogens is 458 g/mol. The van der Waals surface area contributed by atoms with Gasteiger partial charge in [0, 0.05) is 0 Å². The van der Waals surface area contributed by atoms with Crippen molar-refractivity contribution in [3.05, 3.63) is 63.5 Å². The highest BCUT2D eigenvalue weighted by Gasteiger charge is 2.36. The van der Waals surface area contributed by atoms with Crippen LogP contribution in [0.3, 0.4) is 0 Å². The fraction of sp³-hybridized carbons (Fsp3) is 0.182. The molecule has 0 unspecified atom stereocenters. The highest BCUT2D eigenvalue weighted by Crippen LogP contribution is 2.34. The van der Waals surface area contributed by atoms with Crippen LogP contribution in [0.15, 0.2) is 47.4 Å². The summed E-state index contributed by atoms with van der Waals surface area (Å²) in [6.45, 7) is 1.34. The Morgan fingerprint density at radius 2 is 1.84 bits per heavy atom. The quantitative estimate of drug-likeness (QED) is 0.334. The zero-order valence-corrected chi connectivity index (χ0v) is 18.7. The van der Waals surface area contributed by atoms with Gasteiger partial charge >= 0.3 is 11.9 Å². The molecule has 10 heteroatoms. The number of carbonyl (C=O) groups is 4. The normalized spacial score (nSPS) is 14.6. The molecule has 2 aromatic carbocycles. The van der Waals surface area contributed by atoms with Gasteiger partial charge in [-0.1, -0.05) is 17.7 Å². The molecule has 8 nitrogen and oxygen atoms in total. The molecule has 1 aliphatic rings. The van der Waals surface area contributed by atoms with Crippen LogP contribution in [0.25, 0.3) is 6.08 Å². The van der Waals surface area contributed by atoms with Crippen molar-refractivity contribution in [1.29, 1.82) is 0 Å². The molecule has 2 aromatic rings. The van der Waals surface area contributed by atoms with E-state index in [1.807, 2.05) is 0 Å². The number of benzene rings is 2. The van der Waals surface area contributed by atoms with E-state index in [1.165, 1.54) is 25.3 Å². The summed E-state index contributed by atoms with van der Waals surface area (Å²) < 4.78 is 15.2. The van der Waals surface area contributed by atoms with Crippen LogP contribution in [-0.4, -0.2) is 48.2 Å². The van der Waals surface area contributed by atoms with Crippen molar-refractivity contribution in [2.75, 3.05) is 20.3 Å². The third-order valence-corrected chi connectivity index (χ3v) is 5.45. The van der Waals surface area contributed by atoms with Gasteiger partial charge in [-0.25, -0.2) is 4.79 Å². The second-order valence-electron chi connectivity index (χ2n) is 6.38. The second kappa shape index (κ2) is 10.3. The summed E-state index contributed by atoms with van der Waals surface area (Å²) in [5.41, 5.74) is 0.835. The number of ether oxygens (including phenoxy) is 3. The van der Waals surface area contributed by atoms with Crippen molar-refractivity contribution in [2.45, 2.75) is 6.92 Å². The molecule has 0 bridgehead atoms. The van der Waals surface area contributed by atoms with Crippen molar-refractivity contribution in [2.24, 2.45) is 0 Å². The third-order valence-electron chi connectivity index (χ3n) is 4.25. The van der Waals surface area contributed by atoms with Crippen molar-refractivity contribution < 1.29 is 33.4 Å². The Kier molecular flexibility index (Phi) is 7.55. The fourth-order valence-electron chi connectivity index (χ4n) is 2.70. The molecule has 0 aromatic heterocycles. The largest absolute Gasteiger partial charge is 0.497 e. The summed E-state index contributed by atoms with van der Waals surface area (Å²) in [5.74, 6) is -1.11. The van der Waals surface area contributed by atoms with E-state index in [-0.39, 0.29) is 22.3 Å². The van der Waals surface area contributed by atoms with Crippen LogP contribution in [0, 0.1) is 0 Å². The van der Waals surface area contributed by atoms with Crippen LogP contribution in [-0.2, 0) is 14.3 Å². The lowest BCUT2D eigenvalue weighted by atomic mass is 10.2. The van der Waals surface area contributed by atoms with E-state index in [1.54, 1.807) is 37.3 Å². The molecule has 1 fully saturated rings. The Balaban J connectivity index is 1.71. The zero-order valence-electron chi connectivity index (χ0n) is 17.1. The fourth-order valence-corrected chi connectivity index (χ4v) is 3.76. The van der Waals surface area contributed by atoms with Gasteiger partial charge < -0.3 is 14.2 Å². The molecule has 166 valence electrons. The molecule has 1 aliphatic heterocycles. The Hall–Kier alpha value is -3.30. The Bertz CT molecular complexity index is 1100. The van der Waals surface area contributed by atoms with Gasteiger partial charge in [0.1, 0.15) is 18.0 Å². The topological polar surface area (TPSA) is 99.2 Å². The highest BCUT2D eigenvalue weighted by molar-refractivity contribution is 8.18. The zero-order chi connectivity index (χ0) is 23.3. The monoisotopic (exact) mass is 475 g/mol. The average molecular weight is 476 g/mol. The molecule has 0 atom stereocenters. The molecule has 0 saturated carbocycles. The van der Waals surface area contributed by atoms with Gasteiger partial charge in [0.25, 0.3) is 11.1 Å². The van der Waals surface area contributed by atoms with Gasteiger partial charge in [-0.05, 0) is 66.7 Å². The van der Waals surface area contributed by atoms with Crippen LogP contribution in [0.5, 0.6) is 11.5 Å². The standard InChI is InChI=1S/C22H18ClNO7S/c1-3-30-19(25)12-24-20(26)18(32-22(24)28)11-13-4-9-17(16(23)10-13)31-21(27)14-5-7-15(29-2)8-6-14/h4-11H,3,12H2,1-2H3/b18-11-. The van der Waals surface area contributed by atoms with Gasteiger partial charge in [-0.3, -0.25) is 19.3 Å². The number of amides is 2. The number of imide groups is 1. The van der Waals surface area contributed by atoms with Crippen LogP contribution < -0.4 is 9.47 Å². The van der Waals surface area contributed by atoms with Crippen molar-refractivity contribution in [3.8, 4) is 11.5 Å². The van der Waals surface area contributed by atoms with E-state index in [2.05, 4.69) is 0 Å². The van der Waals surface area contributed by atoms with Gasteiger partial charge in [0.15, 0.2) is 0 Å². The first-order chi connectivity index (χ1) is 15.3. The number of thioether (sulfide) groups is 1. The molecule has 2 amide bonds. The second-order valence-corrected chi connectivity index (χ2v) is 7.78. The predicted molar refractivity (Wildman–Crippen MR) is 119 cm³/mol. The van der Waals surface area contributed by atoms with E-state index in [9.17, 15) is 19.2 Å². The van der Waals surface area contributed by atoms with Crippen LogP contribution >= 0.6 is 23.4 Å². The number of hydrogen-bond donors (Lipinski definition) is 0.